The molecule has 0 amide bonds. The van der Waals surface area contributed by atoms with Crippen molar-refractivity contribution in [3.05, 3.63) is 72.0 Å². The van der Waals surface area contributed by atoms with E-state index in [1.54, 1.807) is 18.5 Å². The summed E-state index contributed by atoms with van der Waals surface area (Å²) >= 11 is 0. The molecule has 2 N–H and O–H groups in total. The minimum Gasteiger partial charge on any atom is -0.363 e. The van der Waals surface area contributed by atoms with E-state index in [0.29, 0.717) is 29.5 Å². The van der Waals surface area contributed by atoms with Crippen LogP contribution in [0, 0.1) is 11.3 Å². The van der Waals surface area contributed by atoms with Crippen molar-refractivity contribution in [1.29, 1.82) is 5.26 Å². The minimum atomic E-state index is 0.476. The number of allylic oxidation sites excluding steroid dienone is 2. The van der Waals surface area contributed by atoms with Crippen molar-refractivity contribution < 1.29 is 0 Å². The Balaban J connectivity index is 1.67. The van der Waals surface area contributed by atoms with Crippen LogP contribution in [0.4, 0.5) is 5.82 Å². The van der Waals surface area contributed by atoms with Gasteiger partial charge in [-0.15, -0.1) is 0 Å². The number of nitrogens with zero attached hydrogens (tertiary/aromatic N) is 5. The molecule has 7 heteroatoms. The molecule has 3 rings (SSSR count). The van der Waals surface area contributed by atoms with Crippen molar-refractivity contribution in [2.45, 2.75) is 6.42 Å². The van der Waals surface area contributed by atoms with Crippen molar-refractivity contribution in [1.82, 2.24) is 20.6 Å². The molecule has 0 saturated carbocycles. The zero-order chi connectivity index (χ0) is 19.1. The Bertz CT molecular complexity index is 904. The third kappa shape index (κ3) is 4.70. The number of guanidine groups is 1. The molecular weight excluding hydrogens is 338 g/mol. The number of nitrogens with one attached hydrogen (secondary N) is 2. The summed E-state index contributed by atoms with van der Waals surface area (Å²) in [6, 6.07) is 11.8. The second kappa shape index (κ2) is 8.63. The Hall–Kier alpha value is -3.66. The summed E-state index contributed by atoms with van der Waals surface area (Å²) in [7, 11) is 3.93. The molecule has 0 saturated heterocycles. The first-order valence-corrected chi connectivity index (χ1v) is 8.60. The third-order valence-electron chi connectivity index (χ3n) is 3.96. The highest BCUT2D eigenvalue weighted by Gasteiger charge is 2.12. The molecule has 1 aliphatic heterocycles. The summed E-state index contributed by atoms with van der Waals surface area (Å²) in [6.45, 7) is 0.602. The highest BCUT2D eigenvalue weighted by Crippen LogP contribution is 2.16. The smallest absolute Gasteiger partial charge is 0.199 e. The summed E-state index contributed by atoms with van der Waals surface area (Å²) in [4.78, 5) is 15.2. The van der Waals surface area contributed by atoms with Crippen LogP contribution in [0.5, 0.6) is 0 Å². The standard InChI is InChI=1S/C20H21N7/c1-27(2)19-7-6-15(14-25-19)8-11-23-20-24-12-9-18(26-20)16(13-21)17-5-3-4-10-22-17/h3-7,9-10,12,14H,8,11H2,1-2H3,(H2,23,24,26). The maximum atomic E-state index is 9.51. The molecule has 0 unspecified atom stereocenters. The lowest BCUT2D eigenvalue weighted by molar-refractivity contribution is 0.914. The molecule has 0 atom stereocenters. The van der Waals surface area contributed by atoms with Crippen molar-refractivity contribution in [3.8, 4) is 6.07 Å². The molecule has 2 aromatic rings. The van der Waals surface area contributed by atoms with Crippen LogP contribution in [0.2, 0.25) is 0 Å². The quantitative estimate of drug-likeness (QED) is 0.795. The van der Waals surface area contributed by atoms with E-state index in [2.05, 4.69) is 37.7 Å². The zero-order valence-electron chi connectivity index (χ0n) is 15.3. The molecule has 1 aliphatic rings. The minimum absolute atomic E-state index is 0.476. The first-order chi connectivity index (χ1) is 13.2. The molecule has 3 heterocycles. The van der Waals surface area contributed by atoms with Gasteiger partial charge in [0.15, 0.2) is 5.96 Å². The monoisotopic (exact) mass is 359 g/mol. The zero-order valence-corrected chi connectivity index (χ0v) is 15.3. The number of hydrogen-bond acceptors (Lipinski definition) is 5. The second-order valence-electron chi connectivity index (χ2n) is 6.12. The van der Waals surface area contributed by atoms with Crippen LogP contribution in [0.15, 0.2) is 65.7 Å². The molecule has 7 nitrogen and oxygen atoms in total. The Labute approximate surface area is 158 Å². The van der Waals surface area contributed by atoms with E-state index >= 15 is 0 Å². The topological polar surface area (TPSA) is 89.2 Å². The fourth-order valence-electron chi connectivity index (χ4n) is 2.53. The lowest BCUT2D eigenvalue weighted by Crippen LogP contribution is -2.37. The normalized spacial score (nSPS) is 16.3. The van der Waals surface area contributed by atoms with E-state index in [1.165, 1.54) is 0 Å². The van der Waals surface area contributed by atoms with Gasteiger partial charge in [-0.05, 0) is 36.3 Å². The van der Waals surface area contributed by atoms with Gasteiger partial charge in [0.25, 0.3) is 0 Å². The molecule has 0 fully saturated rings. The number of rotatable bonds is 5. The Morgan fingerprint density at radius 2 is 2.11 bits per heavy atom. The summed E-state index contributed by atoms with van der Waals surface area (Å²) in [6.07, 6.45) is 7.89. The molecule has 136 valence electrons. The van der Waals surface area contributed by atoms with Gasteiger partial charge in [0.2, 0.25) is 0 Å². The highest BCUT2D eigenvalue weighted by atomic mass is 15.2. The largest absolute Gasteiger partial charge is 0.363 e. The number of anilines is 1. The van der Waals surface area contributed by atoms with Gasteiger partial charge in [0.1, 0.15) is 17.5 Å². The third-order valence-corrected chi connectivity index (χ3v) is 3.96. The fourth-order valence-corrected chi connectivity index (χ4v) is 2.53. The molecule has 0 bridgehead atoms. The average molecular weight is 359 g/mol. The van der Waals surface area contributed by atoms with Crippen LogP contribution in [-0.4, -0.2) is 36.6 Å². The van der Waals surface area contributed by atoms with Crippen molar-refractivity contribution in [2.24, 2.45) is 4.99 Å². The van der Waals surface area contributed by atoms with Gasteiger partial charge in [0.05, 0.1) is 11.4 Å². The van der Waals surface area contributed by atoms with E-state index in [1.807, 2.05) is 49.5 Å². The SMILES string of the molecule is CN(C)c1ccc(CCN=C2NC=CC(=C(C#N)c3ccccn3)N2)cn1. The summed E-state index contributed by atoms with van der Waals surface area (Å²) < 4.78 is 0. The van der Waals surface area contributed by atoms with Gasteiger partial charge in [0, 0.05) is 39.2 Å². The van der Waals surface area contributed by atoms with Gasteiger partial charge in [-0.1, -0.05) is 12.1 Å². The lowest BCUT2D eigenvalue weighted by Gasteiger charge is -2.17. The number of aromatic nitrogens is 2. The van der Waals surface area contributed by atoms with Crippen LogP contribution in [-0.2, 0) is 6.42 Å². The first kappa shape index (κ1) is 18.1. The lowest BCUT2D eigenvalue weighted by atomic mass is 10.1. The van der Waals surface area contributed by atoms with Crippen molar-refractivity contribution in [2.75, 3.05) is 25.5 Å². The van der Waals surface area contributed by atoms with Crippen molar-refractivity contribution in [3.63, 3.8) is 0 Å². The number of pyridine rings is 2. The molecule has 2 aromatic heterocycles. The van der Waals surface area contributed by atoms with Gasteiger partial charge in [-0.2, -0.15) is 5.26 Å². The van der Waals surface area contributed by atoms with Gasteiger partial charge < -0.3 is 15.5 Å². The summed E-state index contributed by atoms with van der Waals surface area (Å²) in [5, 5.41) is 15.7. The number of nitriles is 1. The molecule has 0 aliphatic carbocycles. The molecule has 0 radical (unpaired) electrons. The van der Waals surface area contributed by atoms with E-state index in [4.69, 9.17) is 0 Å². The van der Waals surface area contributed by atoms with E-state index < -0.39 is 0 Å². The first-order valence-electron chi connectivity index (χ1n) is 8.60. The average Bonchev–Trinajstić information content (AvgIpc) is 2.70. The molecular formula is C20H21N7. The van der Waals surface area contributed by atoms with Crippen LogP contribution >= 0.6 is 0 Å². The summed E-state index contributed by atoms with van der Waals surface area (Å²) in [5.41, 5.74) is 2.90. The van der Waals surface area contributed by atoms with Gasteiger partial charge >= 0.3 is 0 Å². The maximum Gasteiger partial charge on any atom is 0.199 e. The second-order valence-corrected chi connectivity index (χ2v) is 6.12. The molecule has 0 spiro atoms. The van der Waals surface area contributed by atoms with Crippen LogP contribution in [0.1, 0.15) is 11.3 Å². The van der Waals surface area contributed by atoms with Gasteiger partial charge in [-0.25, -0.2) is 4.98 Å². The highest BCUT2D eigenvalue weighted by molar-refractivity contribution is 5.89. The number of aliphatic imine (C=N–C) groups is 1. The van der Waals surface area contributed by atoms with Gasteiger partial charge in [-0.3, -0.25) is 9.98 Å². The van der Waals surface area contributed by atoms with Crippen LogP contribution < -0.4 is 15.5 Å². The van der Waals surface area contributed by atoms with E-state index in [9.17, 15) is 5.26 Å². The van der Waals surface area contributed by atoms with Crippen LogP contribution in [0.3, 0.4) is 0 Å². The Morgan fingerprint density at radius 1 is 1.22 bits per heavy atom. The molecule has 0 aromatic carbocycles. The molecule has 27 heavy (non-hydrogen) atoms. The number of hydrogen-bond donors (Lipinski definition) is 2. The van der Waals surface area contributed by atoms with Crippen molar-refractivity contribution >= 4 is 17.4 Å². The predicted molar refractivity (Wildman–Crippen MR) is 107 cm³/mol. The predicted octanol–water partition coefficient (Wildman–Crippen LogP) is 2.08. The van der Waals surface area contributed by atoms with Crippen LogP contribution in [0.25, 0.3) is 5.57 Å². The summed E-state index contributed by atoms with van der Waals surface area (Å²) in [5.74, 6) is 1.54. The maximum absolute atomic E-state index is 9.51. The fraction of sp³-hybridized carbons (Fsp3) is 0.200. The van der Waals surface area contributed by atoms with E-state index in [0.717, 1.165) is 17.8 Å². The Morgan fingerprint density at radius 3 is 2.78 bits per heavy atom. The Kier molecular flexibility index (Phi) is 5.80. The van der Waals surface area contributed by atoms with E-state index in [-0.39, 0.29) is 0 Å².